The average Bonchev–Trinajstić information content (AvgIpc) is 3.20. The Kier molecular flexibility index (Phi) is 4.73. The predicted octanol–water partition coefficient (Wildman–Crippen LogP) is 4.41. The van der Waals surface area contributed by atoms with E-state index < -0.39 is 0 Å². The van der Waals surface area contributed by atoms with Crippen LogP contribution in [0.2, 0.25) is 0 Å². The number of aryl methyl sites for hydroxylation is 2. The van der Waals surface area contributed by atoms with Gasteiger partial charge in [0.15, 0.2) is 0 Å². The minimum Gasteiger partial charge on any atom is -0.326 e. The topological polar surface area (TPSA) is 70.7 Å². The lowest BCUT2D eigenvalue weighted by atomic mass is 10.1. The molecule has 0 aliphatic carbocycles. The second kappa shape index (κ2) is 7.32. The molecule has 27 heavy (non-hydrogen) atoms. The second-order valence-electron chi connectivity index (χ2n) is 6.59. The SMILES string of the molecule is Cc1n[nH]c(C)c1CC(=O)Nc1ccc(Cc2nc3ccccc3s2)cc1. The van der Waals surface area contributed by atoms with Gasteiger partial charge in [-0.05, 0) is 43.7 Å². The first kappa shape index (κ1) is 17.4. The van der Waals surface area contributed by atoms with Crippen LogP contribution >= 0.6 is 11.3 Å². The van der Waals surface area contributed by atoms with Crippen molar-refractivity contribution in [3.05, 3.63) is 76.1 Å². The molecule has 6 heteroatoms. The lowest BCUT2D eigenvalue weighted by Crippen LogP contribution is -2.15. The Balaban J connectivity index is 1.40. The van der Waals surface area contributed by atoms with E-state index in [2.05, 4.69) is 26.6 Å². The summed E-state index contributed by atoms with van der Waals surface area (Å²) in [4.78, 5) is 17.0. The Bertz CT molecular complexity index is 1040. The first-order valence-electron chi connectivity index (χ1n) is 8.82. The molecule has 0 atom stereocenters. The number of H-pyrrole nitrogens is 1. The molecule has 2 aromatic heterocycles. The summed E-state index contributed by atoms with van der Waals surface area (Å²) < 4.78 is 1.21. The number of benzene rings is 2. The van der Waals surface area contributed by atoms with Crippen LogP contribution in [0.4, 0.5) is 5.69 Å². The van der Waals surface area contributed by atoms with E-state index in [1.807, 2.05) is 56.3 Å². The van der Waals surface area contributed by atoms with E-state index in [0.29, 0.717) is 6.42 Å². The van der Waals surface area contributed by atoms with Crippen LogP contribution in [0.15, 0.2) is 48.5 Å². The number of carbonyl (C=O) groups excluding carboxylic acids is 1. The number of aromatic nitrogens is 3. The van der Waals surface area contributed by atoms with Crippen LogP contribution in [0.3, 0.4) is 0 Å². The number of fused-ring (bicyclic) bond motifs is 1. The van der Waals surface area contributed by atoms with Gasteiger partial charge in [0.1, 0.15) is 0 Å². The van der Waals surface area contributed by atoms with Gasteiger partial charge in [-0.2, -0.15) is 5.10 Å². The number of aromatic amines is 1. The molecule has 0 saturated carbocycles. The molecule has 2 N–H and O–H groups in total. The molecule has 0 aliphatic heterocycles. The van der Waals surface area contributed by atoms with Crippen LogP contribution in [0.1, 0.15) is 27.5 Å². The Labute approximate surface area is 161 Å². The number of anilines is 1. The second-order valence-corrected chi connectivity index (χ2v) is 7.70. The molecule has 0 radical (unpaired) electrons. The molecule has 0 saturated heterocycles. The van der Waals surface area contributed by atoms with Gasteiger partial charge < -0.3 is 5.32 Å². The Morgan fingerprint density at radius 2 is 1.89 bits per heavy atom. The van der Waals surface area contributed by atoms with Crippen molar-refractivity contribution < 1.29 is 4.79 Å². The fraction of sp³-hybridized carbons (Fsp3) is 0.190. The van der Waals surface area contributed by atoms with Crippen molar-refractivity contribution in [2.45, 2.75) is 26.7 Å². The minimum absolute atomic E-state index is 0.0403. The zero-order valence-electron chi connectivity index (χ0n) is 15.2. The van der Waals surface area contributed by atoms with Gasteiger partial charge in [-0.3, -0.25) is 9.89 Å². The number of nitrogens with zero attached hydrogens (tertiary/aromatic N) is 2. The molecule has 0 aliphatic rings. The summed E-state index contributed by atoms with van der Waals surface area (Å²) in [7, 11) is 0. The van der Waals surface area contributed by atoms with E-state index in [1.165, 1.54) is 10.3 Å². The van der Waals surface area contributed by atoms with Crippen molar-refractivity contribution in [3.63, 3.8) is 0 Å². The Hall–Kier alpha value is -2.99. The van der Waals surface area contributed by atoms with E-state index in [0.717, 1.165) is 39.6 Å². The molecule has 136 valence electrons. The smallest absolute Gasteiger partial charge is 0.228 e. The minimum atomic E-state index is -0.0403. The van der Waals surface area contributed by atoms with Crippen molar-refractivity contribution in [3.8, 4) is 0 Å². The first-order valence-corrected chi connectivity index (χ1v) is 9.64. The third kappa shape index (κ3) is 3.90. The summed E-state index contributed by atoms with van der Waals surface area (Å²) in [5.41, 5.74) is 5.79. The monoisotopic (exact) mass is 376 g/mol. The van der Waals surface area contributed by atoms with Gasteiger partial charge in [0.25, 0.3) is 0 Å². The highest BCUT2D eigenvalue weighted by molar-refractivity contribution is 7.18. The van der Waals surface area contributed by atoms with Gasteiger partial charge in [-0.15, -0.1) is 11.3 Å². The number of thiazole rings is 1. The summed E-state index contributed by atoms with van der Waals surface area (Å²) in [6.45, 7) is 3.84. The molecular weight excluding hydrogens is 356 g/mol. The van der Waals surface area contributed by atoms with Crippen LogP contribution in [-0.4, -0.2) is 21.1 Å². The average molecular weight is 376 g/mol. The van der Waals surface area contributed by atoms with Crippen LogP contribution in [0, 0.1) is 13.8 Å². The van der Waals surface area contributed by atoms with Crippen LogP contribution in [0.5, 0.6) is 0 Å². The maximum Gasteiger partial charge on any atom is 0.228 e. The molecule has 0 fully saturated rings. The fourth-order valence-electron chi connectivity index (χ4n) is 3.08. The van der Waals surface area contributed by atoms with Crippen LogP contribution in [0.25, 0.3) is 10.2 Å². The highest BCUT2D eigenvalue weighted by atomic mass is 32.1. The lowest BCUT2D eigenvalue weighted by molar-refractivity contribution is -0.115. The van der Waals surface area contributed by atoms with Crippen molar-refractivity contribution in [1.82, 2.24) is 15.2 Å². The molecule has 1 amide bonds. The van der Waals surface area contributed by atoms with Gasteiger partial charge in [0.05, 0.1) is 27.3 Å². The molecule has 0 bridgehead atoms. The summed E-state index contributed by atoms with van der Waals surface area (Å²) in [5, 5.41) is 11.1. The number of hydrogen-bond acceptors (Lipinski definition) is 4. The number of hydrogen-bond donors (Lipinski definition) is 2. The standard InChI is InChI=1S/C21H20N4OS/c1-13-17(14(2)25-24-13)12-20(26)22-16-9-7-15(8-10-16)11-21-23-18-5-3-4-6-19(18)27-21/h3-10H,11-12H2,1-2H3,(H,22,26)(H,24,25). The lowest BCUT2D eigenvalue weighted by Gasteiger charge is -2.06. The van der Waals surface area contributed by atoms with Gasteiger partial charge in [0, 0.05) is 23.4 Å². The molecule has 2 aromatic carbocycles. The Morgan fingerprint density at radius 1 is 1.11 bits per heavy atom. The van der Waals surface area contributed by atoms with Gasteiger partial charge in [0.2, 0.25) is 5.91 Å². The van der Waals surface area contributed by atoms with Crippen LogP contribution < -0.4 is 5.32 Å². The number of nitrogens with one attached hydrogen (secondary N) is 2. The van der Waals surface area contributed by atoms with E-state index >= 15 is 0 Å². The third-order valence-corrected chi connectivity index (χ3v) is 5.59. The van der Waals surface area contributed by atoms with Crippen molar-refractivity contribution in [1.29, 1.82) is 0 Å². The summed E-state index contributed by atoms with van der Waals surface area (Å²) in [6, 6.07) is 16.1. The largest absolute Gasteiger partial charge is 0.326 e. The summed E-state index contributed by atoms with van der Waals surface area (Å²) in [6.07, 6.45) is 1.11. The molecule has 4 aromatic rings. The highest BCUT2D eigenvalue weighted by Crippen LogP contribution is 2.24. The highest BCUT2D eigenvalue weighted by Gasteiger charge is 2.12. The quantitative estimate of drug-likeness (QED) is 0.542. The normalized spacial score (nSPS) is 11.0. The molecule has 4 rings (SSSR count). The zero-order chi connectivity index (χ0) is 18.8. The number of rotatable bonds is 5. The number of carbonyl (C=O) groups is 1. The van der Waals surface area contributed by atoms with Gasteiger partial charge >= 0.3 is 0 Å². The molecule has 0 spiro atoms. The molecule has 0 unspecified atom stereocenters. The number of amides is 1. The maximum atomic E-state index is 12.3. The fourth-order valence-corrected chi connectivity index (χ4v) is 4.08. The maximum absolute atomic E-state index is 12.3. The molecule has 2 heterocycles. The van der Waals surface area contributed by atoms with Crippen LogP contribution in [-0.2, 0) is 17.6 Å². The van der Waals surface area contributed by atoms with E-state index in [4.69, 9.17) is 0 Å². The van der Waals surface area contributed by atoms with E-state index in [-0.39, 0.29) is 5.91 Å². The van der Waals surface area contributed by atoms with Gasteiger partial charge in [-0.1, -0.05) is 24.3 Å². The summed E-state index contributed by atoms with van der Waals surface area (Å²) in [5.74, 6) is -0.0403. The molecule has 5 nitrogen and oxygen atoms in total. The Morgan fingerprint density at radius 3 is 2.59 bits per heavy atom. The van der Waals surface area contributed by atoms with E-state index in [9.17, 15) is 4.79 Å². The van der Waals surface area contributed by atoms with Crippen molar-refractivity contribution >= 4 is 33.1 Å². The van der Waals surface area contributed by atoms with E-state index in [1.54, 1.807) is 11.3 Å². The molecular formula is C21H20N4OS. The first-order chi connectivity index (χ1) is 13.1. The summed E-state index contributed by atoms with van der Waals surface area (Å²) >= 11 is 1.72. The third-order valence-electron chi connectivity index (χ3n) is 4.55. The van der Waals surface area contributed by atoms with Gasteiger partial charge in [-0.25, -0.2) is 4.98 Å². The zero-order valence-corrected chi connectivity index (χ0v) is 16.1. The predicted molar refractivity (Wildman–Crippen MR) is 109 cm³/mol. The number of para-hydroxylation sites is 1. The van der Waals surface area contributed by atoms with Crippen molar-refractivity contribution in [2.75, 3.05) is 5.32 Å². The van der Waals surface area contributed by atoms with Crippen molar-refractivity contribution in [2.24, 2.45) is 0 Å².